The molecule has 0 heterocycles. The van der Waals surface area contributed by atoms with Crippen LogP contribution in [0.25, 0.3) is 10.8 Å². The standard InChI is InChI=1S/C11H10O3S.CH4O.Na/c1-8-6-7-9-4-2-3-5-10(9)11(8)15(12,13)14;1-2;/h2-7H,1H3,(H,12,13,14);2H,1H3;/q;;+1/p-1. The molecule has 0 aliphatic rings. The van der Waals surface area contributed by atoms with Crippen molar-refractivity contribution in [1.82, 2.24) is 0 Å². The van der Waals surface area contributed by atoms with Crippen LogP contribution in [-0.2, 0) is 10.1 Å². The largest absolute Gasteiger partial charge is 1.00 e. The molecule has 0 aromatic heterocycles. The van der Waals surface area contributed by atoms with Crippen molar-refractivity contribution in [1.29, 1.82) is 0 Å². The predicted octanol–water partition coefficient (Wildman–Crippen LogP) is -1.34. The van der Waals surface area contributed by atoms with Crippen LogP contribution >= 0.6 is 0 Å². The molecule has 0 saturated heterocycles. The average molecular weight is 276 g/mol. The van der Waals surface area contributed by atoms with Crippen molar-refractivity contribution in [3.8, 4) is 0 Å². The molecule has 0 saturated carbocycles. The summed E-state index contributed by atoms with van der Waals surface area (Å²) in [6.07, 6.45) is 0. The number of hydrogen-bond donors (Lipinski definition) is 1. The van der Waals surface area contributed by atoms with Crippen molar-refractivity contribution in [3.63, 3.8) is 0 Å². The molecule has 0 aliphatic heterocycles. The monoisotopic (exact) mass is 276 g/mol. The molecule has 0 amide bonds. The molecule has 2 aromatic carbocycles. The summed E-state index contributed by atoms with van der Waals surface area (Å²) in [6.45, 7) is 1.62. The van der Waals surface area contributed by atoms with Gasteiger partial charge < -0.3 is 9.66 Å². The number of aliphatic hydroxyl groups is 1. The number of hydrogen-bond acceptors (Lipinski definition) is 4. The number of aliphatic hydroxyl groups excluding tert-OH is 1. The molecular formula is C12H13NaO4S. The minimum atomic E-state index is -4.41. The van der Waals surface area contributed by atoms with Gasteiger partial charge in [0.05, 0.1) is 4.90 Å². The van der Waals surface area contributed by atoms with Crippen molar-refractivity contribution in [2.45, 2.75) is 11.8 Å². The second-order valence-electron chi connectivity index (χ2n) is 3.39. The molecule has 0 fully saturated rings. The van der Waals surface area contributed by atoms with E-state index in [1.54, 1.807) is 43.3 Å². The van der Waals surface area contributed by atoms with E-state index in [2.05, 4.69) is 0 Å². The Morgan fingerprint density at radius 1 is 1.06 bits per heavy atom. The number of rotatable bonds is 1. The van der Waals surface area contributed by atoms with E-state index in [1.165, 1.54) is 0 Å². The van der Waals surface area contributed by atoms with Gasteiger partial charge in [-0.05, 0) is 23.3 Å². The first kappa shape index (κ1) is 17.6. The third-order valence-electron chi connectivity index (χ3n) is 2.33. The smallest absolute Gasteiger partial charge is 0.744 e. The Morgan fingerprint density at radius 2 is 1.61 bits per heavy atom. The zero-order chi connectivity index (χ0) is 13.1. The molecule has 0 bridgehead atoms. The van der Waals surface area contributed by atoms with Gasteiger partial charge in [-0.25, -0.2) is 8.42 Å². The van der Waals surface area contributed by atoms with E-state index in [1.807, 2.05) is 0 Å². The van der Waals surface area contributed by atoms with Crippen molar-refractivity contribution >= 4 is 20.9 Å². The van der Waals surface area contributed by atoms with Gasteiger partial charge in [0.25, 0.3) is 0 Å². The normalized spacial score (nSPS) is 10.2. The molecule has 2 aromatic rings. The number of aryl methyl sites for hydroxylation is 1. The maximum absolute atomic E-state index is 11.1. The molecule has 0 radical (unpaired) electrons. The van der Waals surface area contributed by atoms with Crippen LogP contribution in [0.2, 0.25) is 0 Å². The summed E-state index contributed by atoms with van der Waals surface area (Å²) in [7, 11) is -3.41. The van der Waals surface area contributed by atoms with E-state index in [9.17, 15) is 13.0 Å². The first-order valence-electron chi connectivity index (χ1n) is 4.89. The van der Waals surface area contributed by atoms with E-state index < -0.39 is 10.1 Å². The van der Waals surface area contributed by atoms with Crippen molar-refractivity contribution in [2.24, 2.45) is 0 Å². The number of fused-ring (bicyclic) bond motifs is 1. The summed E-state index contributed by atoms with van der Waals surface area (Å²) in [5.41, 5.74) is 0.490. The van der Waals surface area contributed by atoms with Gasteiger partial charge in [0.15, 0.2) is 0 Å². The van der Waals surface area contributed by atoms with Crippen LogP contribution in [0, 0.1) is 6.92 Å². The molecular weight excluding hydrogens is 263 g/mol. The molecule has 0 unspecified atom stereocenters. The maximum Gasteiger partial charge on any atom is 1.00 e. The quantitative estimate of drug-likeness (QED) is 0.517. The molecule has 6 heteroatoms. The van der Waals surface area contributed by atoms with Crippen molar-refractivity contribution < 1.29 is 47.6 Å². The Morgan fingerprint density at radius 3 is 2.17 bits per heavy atom. The Balaban J connectivity index is 0.000000917. The predicted molar refractivity (Wildman–Crippen MR) is 64.8 cm³/mol. The Bertz CT molecular complexity index is 623. The van der Waals surface area contributed by atoms with E-state index in [0.717, 1.165) is 12.5 Å². The Labute approximate surface area is 129 Å². The molecule has 2 rings (SSSR count). The van der Waals surface area contributed by atoms with Crippen LogP contribution in [-0.4, -0.2) is 25.2 Å². The van der Waals surface area contributed by atoms with E-state index in [0.29, 0.717) is 10.9 Å². The van der Waals surface area contributed by atoms with Gasteiger partial charge in [-0.2, -0.15) is 0 Å². The summed E-state index contributed by atoms with van der Waals surface area (Å²) in [4.78, 5) is -0.111. The van der Waals surface area contributed by atoms with Crippen LogP contribution in [0.5, 0.6) is 0 Å². The van der Waals surface area contributed by atoms with Gasteiger partial charge in [0.1, 0.15) is 10.1 Å². The first-order valence-corrected chi connectivity index (χ1v) is 6.30. The second-order valence-corrected chi connectivity index (χ2v) is 4.70. The molecule has 92 valence electrons. The minimum absolute atomic E-state index is 0. The van der Waals surface area contributed by atoms with Crippen LogP contribution in [0.1, 0.15) is 5.56 Å². The third-order valence-corrected chi connectivity index (χ3v) is 3.37. The Hall–Kier alpha value is -0.430. The zero-order valence-electron chi connectivity index (χ0n) is 10.5. The van der Waals surface area contributed by atoms with Crippen molar-refractivity contribution in [2.75, 3.05) is 7.11 Å². The second kappa shape index (κ2) is 7.23. The minimum Gasteiger partial charge on any atom is -0.744 e. The van der Waals surface area contributed by atoms with E-state index in [-0.39, 0.29) is 34.5 Å². The van der Waals surface area contributed by atoms with Crippen LogP contribution in [0.4, 0.5) is 0 Å². The van der Waals surface area contributed by atoms with Gasteiger partial charge in [0, 0.05) is 7.11 Å². The molecule has 0 aliphatic carbocycles. The van der Waals surface area contributed by atoms with Gasteiger partial charge in [0.2, 0.25) is 0 Å². The summed E-state index contributed by atoms with van der Waals surface area (Å²) >= 11 is 0. The summed E-state index contributed by atoms with van der Waals surface area (Å²) in [5, 5.41) is 8.25. The summed E-state index contributed by atoms with van der Waals surface area (Å²) in [5.74, 6) is 0. The first-order chi connectivity index (χ1) is 8.00. The molecule has 0 spiro atoms. The topological polar surface area (TPSA) is 77.4 Å². The van der Waals surface area contributed by atoms with Crippen molar-refractivity contribution in [3.05, 3.63) is 42.0 Å². The molecule has 0 atom stereocenters. The summed E-state index contributed by atoms with van der Waals surface area (Å²) in [6, 6.07) is 10.4. The van der Waals surface area contributed by atoms with Crippen LogP contribution < -0.4 is 29.6 Å². The Kier molecular flexibility index (Phi) is 7.06. The van der Waals surface area contributed by atoms with Gasteiger partial charge in [-0.3, -0.25) is 0 Å². The fourth-order valence-corrected chi connectivity index (χ4v) is 2.60. The third kappa shape index (κ3) is 3.78. The maximum atomic E-state index is 11.1. The molecule has 4 nitrogen and oxygen atoms in total. The van der Waals surface area contributed by atoms with Crippen LogP contribution in [0.15, 0.2) is 41.3 Å². The van der Waals surface area contributed by atoms with Crippen LogP contribution in [0.3, 0.4) is 0 Å². The fraction of sp³-hybridized carbons (Fsp3) is 0.167. The summed E-state index contributed by atoms with van der Waals surface area (Å²) < 4.78 is 33.3. The molecule has 18 heavy (non-hydrogen) atoms. The SMILES string of the molecule is CO.Cc1ccc2ccccc2c1S(=O)(=O)[O-].[Na+]. The van der Waals surface area contributed by atoms with Gasteiger partial charge in [-0.1, -0.05) is 36.4 Å². The fourth-order valence-electron chi connectivity index (χ4n) is 1.68. The number of benzene rings is 2. The zero-order valence-corrected chi connectivity index (χ0v) is 13.4. The molecule has 1 N–H and O–H groups in total. The average Bonchev–Trinajstić information content (AvgIpc) is 2.29. The van der Waals surface area contributed by atoms with E-state index >= 15 is 0 Å². The van der Waals surface area contributed by atoms with Gasteiger partial charge in [-0.15, -0.1) is 0 Å². The van der Waals surface area contributed by atoms with Gasteiger partial charge >= 0.3 is 29.6 Å². The van der Waals surface area contributed by atoms with E-state index in [4.69, 9.17) is 5.11 Å².